The largest absolute Gasteiger partial charge is 0.491 e. The molecular formula is C18H16ClN3O4. The van der Waals surface area contributed by atoms with Crippen LogP contribution in [0.25, 0.3) is 0 Å². The van der Waals surface area contributed by atoms with Crippen LogP contribution in [0.2, 0.25) is 5.02 Å². The smallest absolute Gasteiger partial charge is 0.269 e. The van der Waals surface area contributed by atoms with Crippen molar-refractivity contribution in [2.75, 3.05) is 18.1 Å². The first-order valence-electron chi connectivity index (χ1n) is 7.91. The average molecular weight is 374 g/mol. The summed E-state index contributed by atoms with van der Waals surface area (Å²) < 4.78 is 5.52. The lowest BCUT2D eigenvalue weighted by Gasteiger charge is -2.21. The molecule has 0 spiro atoms. The highest BCUT2D eigenvalue weighted by atomic mass is 35.5. The van der Waals surface area contributed by atoms with Crippen LogP contribution in [-0.2, 0) is 9.59 Å². The third-order valence-corrected chi connectivity index (χ3v) is 3.97. The number of rotatable bonds is 3. The number of nitrogens with one attached hydrogen (secondary N) is 2. The fraction of sp³-hybridized carbons (Fsp3) is 0.167. The van der Waals surface area contributed by atoms with Gasteiger partial charge in [-0.25, -0.2) is 0 Å². The van der Waals surface area contributed by atoms with Crippen molar-refractivity contribution in [3.63, 3.8) is 0 Å². The third-order valence-electron chi connectivity index (χ3n) is 3.73. The van der Waals surface area contributed by atoms with Crippen LogP contribution in [0.15, 0.2) is 48.5 Å². The van der Waals surface area contributed by atoms with E-state index in [1.807, 2.05) is 0 Å². The van der Waals surface area contributed by atoms with Gasteiger partial charge in [0.1, 0.15) is 12.3 Å². The molecule has 3 amide bonds. The van der Waals surface area contributed by atoms with Gasteiger partial charge >= 0.3 is 0 Å². The van der Waals surface area contributed by atoms with Crippen LogP contribution < -0.4 is 20.5 Å². The second-order valence-electron chi connectivity index (χ2n) is 5.56. The van der Waals surface area contributed by atoms with E-state index in [0.29, 0.717) is 22.0 Å². The van der Waals surface area contributed by atoms with Crippen molar-refractivity contribution < 1.29 is 19.1 Å². The lowest BCUT2D eigenvalue weighted by molar-refractivity contribution is -0.124. The van der Waals surface area contributed by atoms with E-state index in [1.165, 1.54) is 11.0 Å². The average Bonchev–Trinajstić information content (AvgIpc) is 2.79. The topological polar surface area (TPSA) is 87.7 Å². The number of hydrazine groups is 1. The predicted octanol–water partition coefficient (Wildman–Crippen LogP) is 1.92. The number of anilines is 1. The predicted molar refractivity (Wildman–Crippen MR) is 96.0 cm³/mol. The lowest BCUT2D eigenvalue weighted by atomic mass is 10.2. The maximum atomic E-state index is 12.3. The Labute approximate surface area is 154 Å². The molecule has 1 aliphatic rings. The quantitative estimate of drug-likeness (QED) is 0.804. The van der Waals surface area contributed by atoms with Crippen LogP contribution in [0, 0.1) is 0 Å². The summed E-state index contributed by atoms with van der Waals surface area (Å²) in [5, 5.41) is 0.413. The van der Waals surface area contributed by atoms with Crippen molar-refractivity contribution in [2.45, 2.75) is 6.42 Å². The molecule has 8 heteroatoms. The number of amides is 3. The van der Waals surface area contributed by atoms with E-state index in [9.17, 15) is 14.4 Å². The Bertz CT molecular complexity index is 856. The zero-order chi connectivity index (χ0) is 18.5. The van der Waals surface area contributed by atoms with Crippen LogP contribution in [0.4, 0.5) is 5.69 Å². The van der Waals surface area contributed by atoms with E-state index in [0.717, 1.165) is 0 Å². The van der Waals surface area contributed by atoms with Gasteiger partial charge in [0.05, 0.1) is 18.7 Å². The zero-order valence-corrected chi connectivity index (χ0v) is 14.5. The summed E-state index contributed by atoms with van der Waals surface area (Å²) >= 11 is 5.84. The van der Waals surface area contributed by atoms with Gasteiger partial charge in [-0.15, -0.1) is 0 Å². The number of carbonyl (C=O) groups is 3. The minimum absolute atomic E-state index is 0.164. The standard InChI is InChI=1S/C18H16ClN3O4/c19-13-5-3-4-12(10-13)18(25)21-20-16(23)11-22-14-6-1-2-7-15(14)26-9-8-17(22)24/h1-7,10H,8-9,11H2,(H,20,23)(H,21,25). The second-order valence-corrected chi connectivity index (χ2v) is 6.00. The summed E-state index contributed by atoms with van der Waals surface area (Å²) in [7, 11) is 0. The summed E-state index contributed by atoms with van der Waals surface area (Å²) in [6.45, 7) is 0.00843. The fourth-order valence-corrected chi connectivity index (χ4v) is 2.69. The molecular weight excluding hydrogens is 358 g/mol. The summed E-state index contributed by atoms with van der Waals surface area (Å²) in [5.74, 6) is -0.738. The molecule has 0 aromatic heterocycles. The molecule has 2 N–H and O–H groups in total. The molecule has 0 bridgehead atoms. The molecule has 26 heavy (non-hydrogen) atoms. The number of ether oxygens (including phenoxy) is 1. The Hall–Kier alpha value is -3.06. The van der Waals surface area contributed by atoms with Gasteiger partial charge in [-0.05, 0) is 30.3 Å². The number of benzene rings is 2. The molecule has 134 valence electrons. The van der Waals surface area contributed by atoms with Crippen LogP contribution in [-0.4, -0.2) is 30.9 Å². The first-order valence-corrected chi connectivity index (χ1v) is 8.29. The van der Waals surface area contributed by atoms with Gasteiger partial charge in [0.25, 0.3) is 11.8 Å². The Morgan fingerprint density at radius 1 is 1.12 bits per heavy atom. The number of hydrogen-bond acceptors (Lipinski definition) is 4. The Morgan fingerprint density at radius 3 is 2.73 bits per heavy atom. The van der Waals surface area contributed by atoms with Gasteiger partial charge < -0.3 is 4.74 Å². The van der Waals surface area contributed by atoms with Crippen LogP contribution >= 0.6 is 11.6 Å². The summed E-state index contributed by atoms with van der Waals surface area (Å²) in [6.07, 6.45) is 0.164. The zero-order valence-electron chi connectivity index (χ0n) is 13.7. The molecule has 1 aliphatic heterocycles. The van der Waals surface area contributed by atoms with Crippen LogP contribution in [0.1, 0.15) is 16.8 Å². The first-order chi connectivity index (χ1) is 12.5. The van der Waals surface area contributed by atoms with Gasteiger partial charge in [-0.3, -0.25) is 30.1 Å². The third kappa shape index (κ3) is 4.12. The Kier molecular flexibility index (Phi) is 5.38. The van der Waals surface area contributed by atoms with Gasteiger partial charge in [-0.2, -0.15) is 0 Å². The molecule has 7 nitrogen and oxygen atoms in total. The summed E-state index contributed by atoms with van der Waals surface area (Å²) in [5.41, 5.74) is 5.43. The first kappa shape index (κ1) is 17.8. The van der Waals surface area contributed by atoms with Gasteiger partial charge in [0, 0.05) is 10.6 Å². The van der Waals surface area contributed by atoms with Gasteiger partial charge in [-0.1, -0.05) is 29.8 Å². The van der Waals surface area contributed by atoms with Crippen molar-refractivity contribution in [3.8, 4) is 5.75 Å². The highest BCUT2D eigenvalue weighted by molar-refractivity contribution is 6.30. The van der Waals surface area contributed by atoms with E-state index < -0.39 is 11.8 Å². The molecule has 0 saturated heterocycles. The van der Waals surface area contributed by atoms with Crippen molar-refractivity contribution in [2.24, 2.45) is 0 Å². The molecule has 0 saturated carbocycles. The molecule has 0 fully saturated rings. The lowest BCUT2D eigenvalue weighted by Crippen LogP contribution is -2.47. The molecule has 0 atom stereocenters. The van der Waals surface area contributed by atoms with Crippen LogP contribution in [0.3, 0.4) is 0 Å². The van der Waals surface area contributed by atoms with Crippen molar-refractivity contribution in [1.29, 1.82) is 0 Å². The number of fused-ring (bicyclic) bond motifs is 1. The molecule has 0 aliphatic carbocycles. The number of nitrogens with zero attached hydrogens (tertiary/aromatic N) is 1. The highest BCUT2D eigenvalue weighted by Gasteiger charge is 2.25. The maximum absolute atomic E-state index is 12.3. The monoisotopic (exact) mass is 373 g/mol. The molecule has 2 aromatic rings. The Morgan fingerprint density at radius 2 is 1.92 bits per heavy atom. The van der Waals surface area contributed by atoms with Crippen LogP contribution in [0.5, 0.6) is 5.75 Å². The van der Waals surface area contributed by atoms with Crippen molar-refractivity contribution in [3.05, 3.63) is 59.1 Å². The highest BCUT2D eigenvalue weighted by Crippen LogP contribution is 2.30. The SMILES string of the molecule is O=C(CN1C(=O)CCOc2ccccc21)NNC(=O)c1cccc(Cl)c1. The van der Waals surface area contributed by atoms with Crippen molar-refractivity contribution >= 4 is 35.0 Å². The van der Waals surface area contributed by atoms with E-state index in [2.05, 4.69) is 10.9 Å². The number of halogens is 1. The van der Waals surface area contributed by atoms with Crippen molar-refractivity contribution in [1.82, 2.24) is 10.9 Å². The molecule has 1 heterocycles. The number of carbonyl (C=O) groups excluding carboxylic acids is 3. The number of para-hydroxylation sites is 2. The second kappa shape index (κ2) is 7.88. The van der Waals surface area contributed by atoms with E-state index in [4.69, 9.17) is 16.3 Å². The summed E-state index contributed by atoms with van der Waals surface area (Å²) in [6, 6.07) is 13.3. The van der Waals surface area contributed by atoms with E-state index >= 15 is 0 Å². The minimum atomic E-state index is -0.537. The molecule has 2 aromatic carbocycles. The number of hydrogen-bond donors (Lipinski definition) is 2. The molecule has 0 radical (unpaired) electrons. The normalized spacial score (nSPS) is 13.3. The fourth-order valence-electron chi connectivity index (χ4n) is 2.50. The maximum Gasteiger partial charge on any atom is 0.269 e. The van der Waals surface area contributed by atoms with E-state index in [1.54, 1.807) is 42.5 Å². The van der Waals surface area contributed by atoms with Gasteiger partial charge in [0.15, 0.2) is 0 Å². The summed E-state index contributed by atoms with van der Waals surface area (Å²) in [4.78, 5) is 37.8. The molecule has 0 unspecified atom stereocenters. The van der Waals surface area contributed by atoms with Gasteiger partial charge in [0.2, 0.25) is 5.91 Å². The van der Waals surface area contributed by atoms with E-state index in [-0.39, 0.29) is 25.5 Å². The minimum Gasteiger partial charge on any atom is -0.491 e. The molecule has 3 rings (SSSR count). The Balaban J connectivity index is 1.64.